The first-order valence-electron chi connectivity index (χ1n) is 9.47. The van der Waals surface area contributed by atoms with Crippen molar-refractivity contribution in [3.8, 4) is 0 Å². The second-order valence-electron chi connectivity index (χ2n) is 6.70. The molecule has 1 fully saturated rings. The van der Waals surface area contributed by atoms with Crippen LogP contribution in [0.25, 0.3) is 0 Å². The average molecular weight is 345 g/mol. The maximum absolute atomic E-state index is 12.6. The van der Waals surface area contributed by atoms with E-state index in [1.165, 1.54) is 25.5 Å². The van der Waals surface area contributed by atoms with Gasteiger partial charge in [-0.15, -0.1) is 0 Å². The molecule has 0 spiro atoms. The van der Waals surface area contributed by atoms with Gasteiger partial charge in [0.25, 0.3) is 0 Å². The quantitative estimate of drug-likeness (QED) is 0.726. The van der Waals surface area contributed by atoms with Gasteiger partial charge in [0.05, 0.1) is 0 Å². The number of hydrogen-bond donors (Lipinski definition) is 0. The van der Waals surface area contributed by atoms with Crippen molar-refractivity contribution in [1.29, 1.82) is 0 Å². The fourth-order valence-corrected chi connectivity index (χ4v) is 3.34. The Bertz CT molecular complexity index is 559. The summed E-state index contributed by atoms with van der Waals surface area (Å²) in [7, 11) is 0. The third-order valence-electron chi connectivity index (χ3n) is 4.65. The van der Waals surface area contributed by atoms with Crippen LogP contribution in [-0.4, -0.2) is 49.4 Å². The molecule has 0 N–H and O–H groups in total. The summed E-state index contributed by atoms with van der Waals surface area (Å²) in [6.45, 7) is 9.43. The highest BCUT2D eigenvalue weighted by Crippen LogP contribution is 2.24. The lowest BCUT2D eigenvalue weighted by Gasteiger charge is -2.27. The predicted molar refractivity (Wildman–Crippen MR) is 103 cm³/mol. The summed E-state index contributed by atoms with van der Waals surface area (Å²) in [6.07, 6.45) is 4.33. The summed E-state index contributed by atoms with van der Waals surface area (Å²) in [5, 5.41) is 0. The van der Waals surface area contributed by atoms with Gasteiger partial charge in [0, 0.05) is 44.5 Å². The van der Waals surface area contributed by atoms with Gasteiger partial charge in [0.15, 0.2) is 0 Å². The van der Waals surface area contributed by atoms with E-state index in [9.17, 15) is 9.59 Å². The number of benzene rings is 1. The first kappa shape index (κ1) is 19.3. The molecule has 5 nitrogen and oxygen atoms in total. The van der Waals surface area contributed by atoms with E-state index in [1.54, 1.807) is 4.90 Å². The van der Waals surface area contributed by atoms with E-state index in [2.05, 4.69) is 30.9 Å². The second-order valence-corrected chi connectivity index (χ2v) is 6.70. The van der Waals surface area contributed by atoms with Crippen molar-refractivity contribution in [2.24, 2.45) is 0 Å². The Labute approximate surface area is 151 Å². The number of carbonyl (C=O) groups excluding carboxylic acids is 2. The maximum atomic E-state index is 12.6. The Morgan fingerprint density at radius 1 is 1.00 bits per heavy atom. The molecule has 25 heavy (non-hydrogen) atoms. The molecule has 2 amide bonds. The van der Waals surface area contributed by atoms with Gasteiger partial charge in [0.2, 0.25) is 11.8 Å². The van der Waals surface area contributed by atoms with Gasteiger partial charge in [-0.1, -0.05) is 13.8 Å². The van der Waals surface area contributed by atoms with Gasteiger partial charge in [0.1, 0.15) is 6.54 Å². The van der Waals surface area contributed by atoms with Crippen molar-refractivity contribution in [3.05, 3.63) is 24.3 Å². The molecule has 0 unspecified atom stereocenters. The van der Waals surface area contributed by atoms with Gasteiger partial charge < -0.3 is 14.7 Å². The van der Waals surface area contributed by atoms with Gasteiger partial charge in [-0.25, -0.2) is 0 Å². The van der Waals surface area contributed by atoms with Crippen molar-refractivity contribution >= 4 is 23.2 Å². The van der Waals surface area contributed by atoms with Crippen LogP contribution in [0.3, 0.4) is 0 Å². The zero-order valence-corrected chi connectivity index (χ0v) is 15.8. The lowest BCUT2D eigenvalue weighted by atomic mass is 10.2. The van der Waals surface area contributed by atoms with E-state index in [4.69, 9.17) is 0 Å². The Balaban J connectivity index is 2.08. The van der Waals surface area contributed by atoms with Gasteiger partial charge in [-0.05, 0) is 49.9 Å². The summed E-state index contributed by atoms with van der Waals surface area (Å²) >= 11 is 0. The monoisotopic (exact) mass is 345 g/mol. The van der Waals surface area contributed by atoms with E-state index < -0.39 is 0 Å². The van der Waals surface area contributed by atoms with E-state index in [0.29, 0.717) is 0 Å². The predicted octanol–water partition coefficient (Wildman–Crippen LogP) is 3.29. The third-order valence-corrected chi connectivity index (χ3v) is 4.65. The first-order valence-corrected chi connectivity index (χ1v) is 9.47. The molecule has 1 saturated heterocycles. The topological polar surface area (TPSA) is 43.9 Å². The third kappa shape index (κ3) is 5.21. The smallest absolute Gasteiger partial charge is 0.242 e. The van der Waals surface area contributed by atoms with Crippen LogP contribution in [0.1, 0.15) is 46.5 Å². The molecular formula is C20H31N3O2. The molecule has 1 aliphatic heterocycles. The molecule has 0 bridgehead atoms. The molecule has 0 aliphatic carbocycles. The summed E-state index contributed by atoms with van der Waals surface area (Å²) in [4.78, 5) is 30.5. The number of amides is 2. The van der Waals surface area contributed by atoms with E-state index in [1.807, 2.05) is 17.0 Å². The molecule has 1 heterocycles. The van der Waals surface area contributed by atoms with E-state index in [-0.39, 0.29) is 18.4 Å². The summed E-state index contributed by atoms with van der Waals surface area (Å²) in [5.41, 5.74) is 1.98. The molecule has 0 aromatic heterocycles. The number of hydrogen-bond acceptors (Lipinski definition) is 3. The fourth-order valence-electron chi connectivity index (χ4n) is 3.34. The highest BCUT2D eigenvalue weighted by atomic mass is 16.2. The second kappa shape index (κ2) is 9.44. The molecule has 2 rings (SSSR count). The Kier molecular flexibility index (Phi) is 7.29. The van der Waals surface area contributed by atoms with Crippen LogP contribution in [0.5, 0.6) is 0 Å². The number of anilines is 2. The normalized spacial score (nSPS) is 13.8. The molecule has 1 aromatic carbocycles. The number of rotatable bonds is 8. The summed E-state index contributed by atoms with van der Waals surface area (Å²) in [6, 6.07) is 8.01. The van der Waals surface area contributed by atoms with Crippen molar-refractivity contribution in [2.45, 2.75) is 46.5 Å². The van der Waals surface area contributed by atoms with Crippen molar-refractivity contribution in [2.75, 3.05) is 42.5 Å². The Morgan fingerprint density at radius 3 is 2.04 bits per heavy atom. The zero-order valence-electron chi connectivity index (χ0n) is 15.8. The Morgan fingerprint density at radius 2 is 1.56 bits per heavy atom. The van der Waals surface area contributed by atoms with Gasteiger partial charge >= 0.3 is 0 Å². The largest absolute Gasteiger partial charge is 0.372 e. The van der Waals surface area contributed by atoms with Crippen molar-refractivity contribution in [1.82, 2.24) is 4.90 Å². The van der Waals surface area contributed by atoms with Crippen LogP contribution in [0.4, 0.5) is 11.4 Å². The standard InChI is InChI=1S/C20H31N3O2/c1-4-12-22(13-5-2)20(25)16-23(17(3)24)19-10-8-18(9-11-19)21-14-6-7-15-21/h8-11H,4-7,12-16H2,1-3H3. The molecule has 1 aromatic rings. The maximum Gasteiger partial charge on any atom is 0.242 e. The molecular weight excluding hydrogens is 314 g/mol. The Hall–Kier alpha value is -2.04. The van der Waals surface area contributed by atoms with Crippen LogP contribution in [0.2, 0.25) is 0 Å². The molecule has 0 saturated carbocycles. The zero-order chi connectivity index (χ0) is 18.2. The number of carbonyl (C=O) groups is 2. The lowest BCUT2D eigenvalue weighted by molar-refractivity contribution is -0.131. The number of nitrogens with zero attached hydrogens (tertiary/aromatic N) is 3. The van der Waals surface area contributed by atoms with Crippen LogP contribution in [-0.2, 0) is 9.59 Å². The van der Waals surface area contributed by atoms with Gasteiger partial charge in [-0.3, -0.25) is 9.59 Å². The average Bonchev–Trinajstić information content (AvgIpc) is 3.14. The molecule has 0 atom stereocenters. The van der Waals surface area contributed by atoms with Crippen molar-refractivity contribution in [3.63, 3.8) is 0 Å². The molecule has 0 radical (unpaired) electrons. The molecule has 1 aliphatic rings. The van der Waals surface area contributed by atoms with E-state index >= 15 is 0 Å². The van der Waals surface area contributed by atoms with E-state index in [0.717, 1.165) is 44.7 Å². The highest BCUT2D eigenvalue weighted by molar-refractivity contribution is 5.97. The van der Waals surface area contributed by atoms with Gasteiger partial charge in [-0.2, -0.15) is 0 Å². The summed E-state index contributed by atoms with van der Waals surface area (Å²) in [5.74, 6) is -0.0854. The lowest BCUT2D eigenvalue weighted by Crippen LogP contribution is -2.43. The minimum Gasteiger partial charge on any atom is -0.372 e. The van der Waals surface area contributed by atoms with Crippen LogP contribution < -0.4 is 9.80 Å². The first-order chi connectivity index (χ1) is 12.1. The molecule has 5 heteroatoms. The SMILES string of the molecule is CCCN(CCC)C(=O)CN(C(C)=O)c1ccc(N2CCCC2)cc1. The highest BCUT2D eigenvalue weighted by Gasteiger charge is 2.20. The minimum atomic E-state index is -0.102. The van der Waals surface area contributed by atoms with Crippen LogP contribution in [0.15, 0.2) is 24.3 Å². The fraction of sp³-hybridized carbons (Fsp3) is 0.600. The summed E-state index contributed by atoms with van der Waals surface area (Å²) < 4.78 is 0. The van der Waals surface area contributed by atoms with Crippen LogP contribution in [0, 0.1) is 0 Å². The minimum absolute atomic E-state index is 0.0162. The van der Waals surface area contributed by atoms with Crippen LogP contribution >= 0.6 is 0 Å². The molecule has 138 valence electrons. The van der Waals surface area contributed by atoms with Crippen molar-refractivity contribution < 1.29 is 9.59 Å².